The van der Waals surface area contributed by atoms with Gasteiger partial charge in [0.1, 0.15) is 11.0 Å². The van der Waals surface area contributed by atoms with Gasteiger partial charge in [0.15, 0.2) is 0 Å². The number of hydrogen-bond donors (Lipinski definition) is 2. The molecule has 0 spiro atoms. The third-order valence-electron chi connectivity index (χ3n) is 1.94. The van der Waals surface area contributed by atoms with Gasteiger partial charge in [-0.25, -0.2) is 0 Å². The molecule has 0 fully saturated rings. The monoisotopic (exact) mass is 190 g/mol. The first kappa shape index (κ1) is 8.68. The Bertz CT molecular complexity index is 463. The molecule has 1 aromatic carbocycles. The van der Waals surface area contributed by atoms with Gasteiger partial charge in [-0.3, -0.25) is 4.79 Å². The zero-order chi connectivity index (χ0) is 9.97. The molecule has 0 unspecified atom stereocenters. The summed E-state index contributed by atoms with van der Waals surface area (Å²) in [5, 5.41) is 13.2. The molecule has 1 heterocycles. The number of amides is 1. The number of carbonyl (C=O) groups excluding carboxylic acids is 1. The quantitative estimate of drug-likeness (QED) is 0.749. The molecule has 0 aliphatic rings. The number of aromatic amines is 1. The fourth-order valence-corrected chi connectivity index (χ4v) is 1.21. The third kappa shape index (κ3) is 1.44. The van der Waals surface area contributed by atoms with Gasteiger partial charge in [-0.05, 0) is 12.1 Å². The molecule has 5 heteroatoms. The summed E-state index contributed by atoms with van der Waals surface area (Å²) in [5.41, 5.74) is 2.14. The van der Waals surface area contributed by atoms with Gasteiger partial charge in [0.05, 0.1) is 5.69 Å². The van der Waals surface area contributed by atoms with E-state index >= 15 is 0 Å². The van der Waals surface area contributed by atoms with Gasteiger partial charge in [0.25, 0.3) is 0 Å². The number of H-pyrrole nitrogens is 1. The first-order valence-corrected chi connectivity index (χ1v) is 4.40. The predicted octanol–water partition coefficient (Wildman–Crippen LogP) is 1.31. The Morgan fingerprint density at radius 2 is 2.36 bits per heavy atom. The van der Waals surface area contributed by atoms with Crippen LogP contribution in [0.15, 0.2) is 18.2 Å². The number of carbonyl (C=O) groups is 1. The van der Waals surface area contributed by atoms with Crippen LogP contribution in [0, 0.1) is 0 Å². The van der Waals surface area contributed by atoms with E-state index in [1.807, 2.05) is 12.1 Å². The summed E-state index contributed by atoms with van der Waals surface area (Å²) in [6, 6.07) is 5.47. The Labute approximate surface area is 80.5 Å². The average Bonchev–Trinajstić information content (AvgIpc) is 2.66. The predicted molar refractivity (Wildman–Crippen MR) is 52.8 cm³/mol. The molecule has 1 amide bonds. The van der Waals surface area contributed by atoms with Crippen molar-refractivity contribution in [2.45, 2.75) is 13.3 Å². The molecular weight excluding hydrogens is 180 g/mol. The van der Waals surface area contributed by atoms with Gasteiger partial charge in [0.2, 0.25) is 5.91 Å². The van der Waals surface area contributed by atoms with Gasteiger partial charge in [-0.15, -0.1) is 0 Å². The van der Waals surface area contributed by atoms with E-state index in [4.69, 9.17) is 0 Å². The number of fused-ring (bicyclic) bond motifs is 1. The second-order valence-corrected chi connectivity index (χ2v) is 2.90. The Morgan fingerprint density at radius 1 is 1.50 bits per heavy atom. The molecule has 2 N–H and O–H groups in total. The van der Waals surface area contributed by atoms with Crippen LogP contribution in [-0.4, -0.2) is 21.3 Å². The Kier molecular flexibility index (Phi) is 2.14. The zero-order valence-corrected chi connectivity index (χ0v) is 7.74. The summed E-state index contributed by atoms with van der Waals surface area (Å²) in [5.74, 6) is -0.0273. The van der Waals surface area contributed by atoms with Crippen LogP contribution < -0.4 is 5.32 Å². The van der Waals surface area contributed by atoms with Gasteiger partial charge < -0.3 is 5.32 Å². The summed E-state index contributed by atoms with van der Waals surface area (Å²) in [7, 11) is 0. The number of aromatic nitrogens is 3. The van der Waals surface area contributed by atoms with Gasteiger partial charge >= 0.3 is 0 Å². The second kappa shape index (κ2) is 3.45. The molecule has 14 heavy (non-hydrogen) atoms. The van der Waals surface area contributed by atoms with Crippen molar-refractivity contribution >= 4 is 22.6 Å². The summed E-state index contributed by atoms with van der Waals surface area (Å²) in [6.45, 7) is 1.80. The van der Waals surface area contributed by atoms with Crippen LogP contribution >= 0.6 is 0 Å². The lowest BCUT2D eigenvalue weighted by atomic mass is 10.2. The van der Waals surface area contributed by atoms with Gasteiger partial charge in [-0.2, -0.15) is 15.4 Å². The molecule has 0 bridgehead atoms. The summed E-state index contributed by atoms with van der Waals surface area (Å²) in [4.78, 5) is 11.2. The molecule has 1 aromatic heterocycles. The largest absolute Gasteiger partial charge is 0.324 e. The number of anilines is 1. The summed E-state index contributed by atoms with van der Waals surface area (Å²) >= 11 is 0. The topological polar surface area (TPSA) is 70.7 Å². The Balaban J connectivity index is 2.41. The molecular formula is C9H10N4O. The number of benzene rings is 1. The maximum absolute atomic E-state index is 11.2. The van der Waals surface area contributed by atoms with Crippen molar-refractivity contribution in [3.8, 4) is 0 Å². The average molecular weight is 190 g/mol. The van der Waals surface area contributed by atoms with Gasteiger partial charge in [-0.1, -0.05) is 13.0 Å². The molecule has 0 saturated heterocycles. The SMILES string of the molecule is CCC(=O)Nc1cccc2n[nH]nc12. The molecule has 0 radical (unpaired) electrons. The highest BCUT2D eigenvalue weighted by atomic mass is 16.1. The highest BCUT2D eigenvalue weighted by molar-refractivity contribution is 5.98. The molecule has 72 valence electrons. The number of nitrogens with one attached hydrogen (secondary N) is 2. The van der Waals surface area contributed by atoms with E-state index in [1.54, 1.807) is 13.0 Å². The molecule has 0 atom stereocenters. The van der Waals surface area contributed by atoms with Crippen molar-refractivity contribution in [1.82, 2.24) is 15.4 Å². The Morgan fingerprint density at radius 3 is 3.14 bits per heavy atom. The van der Waals surface area contributed by atoms with E-state index < -0.39 is 0 Å². The summed E-state index contributed by atoms with van der Waals surface area (Å²) < 4.78 is 0. The van der Waals surface area contributed by atoms with E-state index in [1.165, 1.54) is 0 Å². The van der Waals surface area contributed by atoms with Gasteiger partial charge in [0, 0.05) is 6.42 Å². The van der Waals surface area contributed by atoms with Crippen molar-refractivity contribution in [1.29, 1.82) is 0 Å². The molecule has 0 aliphatic heterocycles. The minimum absolute atomic E-state index is 0.0273. The maximum Gasteiger partial charge on any atom is 0.224 e. The van der Waals surface area contributed by atoms with E-state index in [2.05, 4.69) is 20.7 Å². The second-order valence-electron chi connectivity index (χ2n) is 2.90. The lowest BCUT2D eigenvalue weighted by molar-refractivity contribution is -0.115. The van der Waals surface area contributed by atoms with Crippen molar-refractivity contribution in [3.05, 3.63) is 18.2 Å². The standard InChI is InChI=1S/C9H10N4O/c1-2-8(14)10-6-4-3-5-7-9(6)12-13-11-7/h3-5H,2H2,1H3,(H,10,14)(H,11,12,13). The van der Waals surface area contributed by atoms with Crippen LogP contribution in [0.4, 0.5) is 5.69 Å². The van der Waals surface area contributed by atoms with E-state index in [0.29, 0.717) is 17.6 Å². The lowest BCUT2D eigenvalue weighted by Crippen LogP contribution is -2.09. The molecule has 5 nitrogen and oxygen atoms in total. The fraction of sp³-hybridized carbons (Fsp3) is 0.222. The van der Waals surface area contributed by atoms with Crippen molar-refractivity contribution in [3.63, 3.8) is 0 Å². The number of hydrogen-bond acceptors (Lipinski definition) is 3. The van der Waals surface area contributed by atoms with Crippen LogP contribution in [0.3, 0.4) is 0 Å². The number of nitrogens with zero attached hydrogens (tertiary/aromatic N) is 2. The first-order valence-electron chi connectivity index (χ1n) is 4.40. The van der Waals surface area contributed by atoms with Crippen LogP contribution in [0.5, 0.6) is 0 Å². The molecule has 2 aromatic rings. The smallest absolute Gasteiger partial charge is 0.224 e. The third-order valence-corrected chi connectivity index (χ3v) is 1.94. The van der Waals surface area contributed by atoms with Crippen molar-refractivity contribution in [2.75, 3.05) is 5.32 Å². The minimum Gasteiger partial charge on any atom is -0.324 e. The fourth-order valence-electron chi connectivity index (χ4n) is 1.21. The maximum atomic E-state index is 11.2. The van der Waals surface area contributed by atoms with Crippen molar-refractivity contribution in [2.24, 2.45) is 0 Å². The molecule has 0 aliphatic carbocycles. The molecule has 0 saturated carbocycles. The van der Waals surface area contributed by atoms with Crippen molar-refractivity contribution < 1.29 is 4.79 Å². The van der Waals surface area contributed by atoms with Crippen LogP contribution in [0.1, 0.15) is 13.3 Å². The zero-order valence-electron chi connectivity index (χ0n) is 7.74. The lowest BCUT2D eigenvalue weighted by Gasteiger charge is -2.02. The van der Waals surface area contributed by atoms with Crippen LogP contribution in [0.2, 0.25) is 0 Å². The van der Waals surface area contributed by atoms with E-state index in [-0.39, 0.29) is 5.91 Å². The number of para-hydroxylation sites is 1. The summed E-state index contributed by atoms with van der Waals surface area (Å²) in [6.07, 6.45) is 0.453. The van der Waals surface area contributed by atoms with E-state index in [0.717, 1.165) is 5.52 Å². The van der Waals surface area contributed by atoms with Crippen LogP contribution in [-0.2, 0) is 4.79 Å². The van der Waals surface area contributed by atoms with Crippen LogP contribution in [0.25, 0.3) is 11.0 Å². The van der Waals surface area contributed by atoms with E-state index in [9.17, 15) is 4.79 Å². The number of rotatable bonds is 2. The highest BCUT2D eigenvalue weighted by Crippen LogP contribution is 2.18. The molecule has 2 rings (SSSR count). The normalized spacial score (nSPS) is 10.4. The first-order chi connectivity index (χ1) is 6.81. The Hall–Kier alpha value is -1.91. The highest BCUT2D eigenvalue weighted by Gasteiger charge is 2.06. The minimum atomic E-state index is -0.0273.